The Kier molecular flexibility index (Phi) is 2.80. The molecule has 66 valence electrons. The predicted molar refractivity (Wildman–Crippen MR) is 28.5 cm³/mol. The van der Waals surface area contributed by atoms with Crippen molar-refractivity contribution in [3.63, 3.8) is 0 Å². The largest absolute Gasteiger partial charge is 0.421 e. The molecule has 0 amide bonds. The lowest BCUT2D eigenvalue weighted by atomic mass is 10.2. The topological polar surface area (TPSA) is 63.4 Å². The highest BCUT2D eigenvalue weighted by Crippen LogP contribution is 2.23. The molecule has 1 N–H and O–H groups in total. The summed E-state index contributed by atoms with van der Waals surface area (Å²) in [6.07, 6.45) is -7.82. The molecular weight excluding hydrogens is 167 g/mol. The molecule has 0 unspecified atom stereocenters. The maximum atomic E-state index is 11.5. The van der Waals surface area contributed by atoms with Crippen molar-refractivity contribution in [3.05, 3.63) is 10.1 Å². The van der Waals surface area contributed by atoms with Crippen LogP contribution in [0.15, 0.2) is 0 Å². The summed E-state index contributed by atoms with van der Waals surface area (Å²) in [6, 6.07) is -2.02. The Hall–Kier alpha value is -0.850. The Morgan fingerprint density at radius 2 is 1.91 bits per heavy atom. The van der Waals surface area contributed by atoms with Crippen molar-refractivity contribution in [1.29, 1.82) is 0 Å². The summed E-state index contributed by atoms with van der Waals surface area (Å²) in [6.45, 7) is 0.693. The first kappa shape index (κ1) is 10.2. The number of nitro groups is 1. The van der Waals surface area contributed by atoms with Crippen LogP contribution in [0.25, 0.3) is 0 Å². The summed E-state index contributed by atoms with van der Waals surface area (Å²) >= 11 is 0. The van der Waals surface area contributed by atoms with E-state index in [-0.39, 0.29) is 0 Å². The molecule has 4 nitrogen and oxygen atoms in total. The second-order valence-electron chi connectivity index (χ2n) is 2.01. The van der Waals surface area contributed by atoms with Crippen LogP contribution in [-0.2, 0) is 0 Å². The van der Waals surface area contributed by atoms with Gasteiger partial charge in [-0.3, -0.25) is 10.1 Å². The Balaban J connectivity index is 4.25. The molecule has 0 aromatic rings. The molecule has 0 aliphatic rings. The van der Waals surface area contributed by atoms with Crippen LogP contribution in [0.4, 0.5) is 13.2 Å². The van der Waals surface area contributed by atoms with Gasteiger partial charge in [-0.2, -0.15) is 13.2 Å². The van der Waals surface area contributed by atoms with Crippen molar-refractivity contribution < 1.29 is 23.2 Å². The van der Waals surface area contributed by atoms with Crippen LogP contribution in [0.2, 0.25) is 0 Å². The summed E-state index contributed by atoms with van der Waals surface area (Å²) in [7, 11) is 0. The first-order valence-corrected chi connectivity index (χ1v) is 2.65. The SMILES string of the molecule is C[C@@H]([C@@H](O)C(F)(F)F)[N+](=O)[O-]. The van der Waals surface area contributed by atoms with Gasteiger partial charge in [-0.25, -0.2) is 0 Å². The van der Waals surface area contributed by atoms with Gasteiger partial charge in [0.15, 0.2) is 0 Å². The minimum atomic E-state index is -4.92. The van der Waals surface area contributed by atoms with Crippen LogP contribution < -0.4 is 0 Å². The number of halogens is 3. The number of nitrogens with zero attached hydrogens (tertiary/aromatic N) is 1. The normalized spacial score (nSPS) is 17.5. The van der Waals surface area contributed by atoms with E-state index in [1.165, 1.54) is 0 Å². The van der Waals surface area contributed by atoms with Gasteiger partial charge in [0.25, 0.3) is 0 Å². The van der Waals surface area contributed by atoms with Crippen molar-refractivity contribution in [3.8, 4) is 0 Å². The van der Waals surface area contributed by atoms with E-state index in [9.17, 15) is 23.3 Å². The minimum Gasteiger partial charge on any atom is -0.378 e. The molecule has 0 aliphatic heterocycles. The number of hydrogen-bond acceptors (Lipinski definition) is 3. The third kappa shape index (κ3) is 2.71. The van der Waals surface area contributed by atoms with Crippen molar-refractivity contribution in [1.82, 2.24) is 0 Å². The number of aliphatic hydroxyl groups excluding tert-OH is 1. The smallest absolute Gasteiger partial charge is 0.378 e. The van der Waals surface area contributed by atoms with Gasteiger partial charge in [0, 0.05) is 11.8 Å². The zero-order valence-electron chi connectivity index (χ0n) is 5.50. The Morgan fingerprint density at radius 3 is 2.00 bits per heavy atom. The predicted octanol–water partition coefficient (Wildman–Crippen LogP) is 0.575. The highest BCUT2D eigenvalue weighted by atomic mass is 19.4. The number of alkyl halides is 3. The third-order valence-corrected chi connectivity index (χ3v) is 1.12. The molecule has 0 heterocycles. The van der Waals surface area contributed by atoms with Crippen LogP contribution >= 0.6 is 0 Å². The van der Waals surface area contributed by atoms with E-state index < -0.39 is 23.2 Å². The van der Waals surface area contributed by atoms with Gasteiger partial charge in [-0.05, 0) is 0 Å². The molecule has 0 radical (unpaired) electrons. The Bertz CT molecular complexity index is 157. The Morgan fingerprint density at radius 1 is 1.55 bits per heavy atom. The van der Waals surface area contributed by atoms with E-state index in [1.54, 1.807) is 0 Å². The Labute approximate surface area is 59.8 Å². The molecule has 0 aromatic heterocycles. The molecule has 0 aliphatic carbocycles. The molecule has 0 saturated carbocycles. The highest BCUT2D eigenvalue weighted by Gasteiger charge is 2.47. The van der Waals surface area contributed by atoms with Gasteiger partial charge in [-0.1, -0.05) is 0 Å². The average Bonchev–Trinajstić information content (AvgIpc) is 1.82. The number of aliphatic hydroxyl groups is 1. The molecule has 0 rings (SSSR count). The van der Waals surface area contributed by atoms with E-state index in [1.807, 2.05) is 0 Å². The summed E-state index contributed by atoms with van der Waals surface area (Å²) in [5.41, 5.74) is 0. The van der Waals surface area contributed by atoms with E-state index >= 15 is 0 Å². The lowest BCUT2D eigenvalue weighted by Crippen LogP contribution is -2.42. The van der Waals surface area contributed by atoms with Gasteiger partial charge < -0.3 is 5.11 Å². The lowest BCUT2D eigenvalue weighted by molar-refractivity contribution is -0.539. The molecule has 2 atom stereocenters. The molecule has 0 bridgehead atoms. The van der Waals surface area contributed by atoms with Gasteiger partial charge in [0.2, 0.25) is 12.1 Å². The molecular formula is C4H6F3NO3. The van der Waals surface area contributed by atoms with E-state index in [0.29, 0.717) is 6.92 Å². The van der Waals surface area contributed by atoms with Crippen LogP contribution in [-0.4, -0.2) is 28.4 Å². The standard InChI is InChI=1S/C4H6F3NO3/c1-2(8(10)11)3(9)4(5,6)7/h2-3,9H,1H3/t2-,3+/m0/s1. The first-order valence-electron chi connectivity index (χ1n) is 2.65. The summed E-state index contributed by atoms with van der Waals surface area (Å²) in [5.74, 6) is 0. The number of hydrogen-bond donors (Lipinski definition) is 1. The molecule has 11 heavy (non-hydrogen) atoms. The first-order chi connectivity index (χ1) is 4.76. The van der Waals surface area contributed by atoms with Crippen molar-refractivity contribution in [2.45, 2.75) is 25.2 Å². The maximum Gasteiger partial charge on any atom is 0.421 e. The highest BCUT2D eigenvalue weighted by molar-refractivity contribution is 4.70. The molecule has 7 heteroatoms. The van der Waals surface area contributed by atoms with E-state index in [2.05, 4.69) is 0 Å². The van der Waals surface area contributed by atoms with Gasteiger partial charge >= 0.3 is 6.18 Å². The van der Waals surface area contributed by atoms with Crippen molar-refractivity contribution in [2.24, 2.45) is 0 Å². The van der Waals surface area contributed by atoms with E-state index in [4.69, 9.17) is 5.11 Å². The summed E-state index contributed by atoms with van der Waals surface area (Å²) in [4.78, 5) is 8.55. The van der Waals surface area contributed by atoms with Crippen molar-refractivity contribution >= 4 is 0 Å². The van der Waals surface area contributed by atoms with Crippen LogP contribution in [0, 0.1) is 10.1 Å². The van der Waals surface area contributed by atoms with Crippen LogP contribution in [0.5, 0.6) is 0 Å². The summed E-state index contributed by atoms with van der Waals surface area (Å²) in [5, 5.41) is 18.0. The third-order valence-electron chi connectivity index (χ3n) is 1.12. The van der Waals surface area contributed by atoms with Gasteiger partial charge in [-0.15, -0.1) is 0 Å². The van der Waals surface area contributed by atoms with Crippen molar-refractivity contribution in [2.75, 3.05) is 0 Å². The molecule has 0 saturated heterocycles. The quantitative estimate of drug-likeness (QED) is 0.490. The maximum absolute atomic E-state index is 11.5. The second-order valence-corrected chi connectivity index (χ2v) is 2.01. The average molecular weight is 173 g/mol. The lowest BCUT2D eigenvalue weighted by Gasteiger charge is -2.14. The van der Waals surface area contributed by atoms with Gasteiger partial charge in [0.1, 0.15) is 0 Å². The van der Waals surface area contributed by atoms with Gasteiger partial charge in [0.05, 0.1) is 0 Å². The number of rotatable bonds is 2. The fraction of sp³-hybridized carbons (Fsp3) is 1.00. The van der Waals surface area contributed by atoms with Crippen LogP contribution in [0.1, 0.15) is 6.92 Å². The molecule has 0 fully saturated rings. The second kappa shape index (κ2) is 3.04. The fourth-order valence-electron chi connectivity index (χ4n) is 0.389. The zero-order chi connectivity index (χ0) is 9.23. The zero-order valence-corrected chi connectivity index (χ0v) is 5.50. The summed E-state index contributed by atoms with van der Waals surface area (Å²) < 4.78 is 34.5. The molecule has 0 spiro atoms. The fourth-order valence-corrected chi connectivity index (χ4v) is 0.389. The monoisotopic (exact) mass is 173 g/mol. The molecule has 0 aromatic carbocycles. The van der Waals surface area contributed by atoms with Crippen LogP contribution in [0.3, 0.4) is 0 Å². The minimum absolute atomic E-state index is 0.693. The van der Waals surface area contributed by atoms with E-state index in [0.717, 1.165) is 0 Å².